The zero-order valence-electron chi connectivity index (χ0n) is 25.7. The number of benzene rings is 4. The molecule has 6 rings (SSSR count). The van der Waals surface area contributed by atoms with E-state index in [1.165, 1.54) is 0 Å². The fourth-order valence-electron chi connectivity index (χ4n) is 5.54. The number of ether oxygens (including phenoxy) is 2. The van der Waals surface area contributed by atoms with E-state index < -0.39 is 16.3 Å². The van der Waals surface area contributed by atoms with E-state index in [0.717, 1.165) is 38.5 Å². The van der Waals surface area contributed by atoms with E-state index in [0.29, 0.717) is 5.75 Å². The molecule has 0 bridgehead atoms. The van der Waals surface area contributed by atoms with Crippen molar-refractivity contribution in [3.05, 3.63) is 138 Å². The summed E-state index contributed by atoms with van der Waals surface area (Å²) in [5, 5.41) is 10.5. The monoisotopic (exact) mass is 655 g/mol. The maximum atomic E-state index is 12.8. The van der Waals surface area contributed by atoms with Crippen LogP contribution in [0, 0.1) is 5.92 Å². The van der Waals surface area contributed by atoms with Crippen LogP contribution in [-0.2, 0) is 39.7 Å². The molecular formula is C36H37N3O5S2. The van der Waals surface area contributed by atoms with Crippen molar-refractivity contribution in [3.8, 4) is 11.1 Å². The van der Waals surface area contributed by atoms with Gasteiger partial charge in [0, 0.05) is 43.2 Å². The first-order chi connectivity index (χ1) is 22.3. The number of sulfonamides is 1. The van der Waals surface area contributed by atoms with Crippen molar-refractivity contribution in [3.63, 3.8) is 0 Å². The van der Waals surface area contributed by atoms with Crippen molar-refractivity contribution in [1.29, 1.82) is 0 Å². The molecule has 1 saturated heterocycles. The van der Waals surface area contributed by atoms with Crippen molar-refractivity contribution < 1.29 is 23.0 Å². The Bertz CT molecular complexity index is 1860. The predicted octanol–water partition coefficient (Wildman–Crippen LogP) is 6.64. The second-order valence-corrected chi connectivity index (χ2v) is 14.2. The lowest BCUT2D eigenvalue weighted by Gasteiger charge is -2.41. The van der Waals surface area contributed by atoms with Crippen molar-refractivity contribution in [2.75, 3.05) is 5.75 Å². The number of imidazole rings is 1. The van der Waals surface area contributed by atoms with E-state index in [4.69, 9.17) is 9.47 Å². The zero-order chi connectivity index (χ0) is 32.1. The maximum Gasteiger partial charge on any atom is 0.240 e. The molecule has 1 aliphatic rings. The molecule has 8 nitrogen and oxygen atoms in total. The molecule has 1 aliphatic heterocycles. The molecule has 1 fully saturated rings. The highest BCUT2D eigenvalue weighted by Gasteiger charge is 2.38. The summed E-state index contributed by atoms with van der Waals surface area (Å²) < 4.78 is 43.6. The average Bonchev–Trinajstić information content (AvgIpc) is 3.51. The second kappa shape index (κ2) is 14.3. The molecule has 1 aromatic heterocycles. The molecule has 0 amide bonds. The Balaban J connectivity index is 1.23. The topological polar surface area (TPSA) is 103 Å². The molecule has 0 radical (unpaired) electrons. The van der Waals surface area contributed by atoms with E-state index in [1.807, 2.05) is 84.5 Å². The largest absolute Gasteiger partial charge is 0.392 e. The van der Waals surface area contributed by atoms with Crippen molar-refractivity contribution in [2.45, 2.75) is 48.6 Å². The number of aryl methyl sites for hydroxylation is 1. The summed E-state index contributed by atoms with van der Waals surface area (Å²) in [7, 11) is -1.64. The smallest absolute Gasteiger partial charge is 0.240 e. The van der Waals surface area contributed by atoms with Gasteiger partial charge in [0.15, 0.2) is 11.4 Å². The number of aliphatic hydroxyl groups is 1. The van der Waals surface area contributed by atoms with Gasteiger partial charge in [0.2, 0.25) is 10.0 Å². The third-order valence-electron chi connectivity index (χ3n) is 8.22. The standard InChI is InChI=1S/C36H37N3O5S2/c1-25-33(24-45-36-37-18-19-39(36)2)43-35(44-34(25)28-16-14-26(23-40)15-17-28)31-11-7-10-30(21-31)29-9-6-8-27(20-29)22-38-46(41,42)32-12-4-3-5-13-32/h3-21,25,33-35,38,40H,22-24H2,1-2H3. The third kappa shape index (κ3) is 7.44. The fraction of sp³-hybridized carbons (Fsp3) is 0.250. The fourth-order valence-corrected chi connectivity index (χ4v) is 7.68. The van der Waals surface area contributed by atoms with Gasteiger partial charge in [-0.25, -0.2) is 18.1 Å². The number of aromatic nitrogens is 2. The lowest BCUT2D eigenvalue weighted by molar-refractivity contribution is -0.268. The lowest BCUT2D eigenvalue weighted by atomic mass is 9.91. The van der Waals surface area contributed by atoms with Crippen LogP contribution in [0.25, 0.3) is 11.1 Å². The molecular weight excluding hydrogens is 619 g/mol. The maximum absolute atomic E-state index is 12.8. The molecule has 0 saturated carbocycles. The number of nitrogens with one attached hydrogen (secondary N) is 1. The minimum absolute atomic E-state index is 0.0110. The molecule has 4 aromatic carbocycles. The molecule has 238 valence electrons. The molecule has 4 atom stereocenters. The molecule has 5 aromatic rings. The van der Waals surface area contributed by atoms with Gasteiger partial charge in [0.25, 0.3) is 0 Å². The quantitative estimate of drug-likeness (QED) is 0.154. The zero-order valence-corrected chi connectivity index (χ0v) is 27.3. The first kappa shape index (κ1) is 32.2. The van der Waals surface area contributed by atoms with Gasteiger partial charge >= 0.3 is 0 Å². The Kier molecular flexibility index (Phi) is 10.0. The van der Waals surface area contributed by atoms with Crippen LogP contribution in [0.3, 0.4) is 0 Å². The van der Waals surface area contributed by atoms with Crippen LogP contribution >= 0.6 is 11.8 Å². The Morgan fingerprint density at radius 3 is 2.33 bits per heavy atom. The normalized spacial score (nSPS) is 20.1. The summed E-state index contributed by atoms with van der Waals surface area (Å²) in [5.74, 6) is 0.765. The SMILES string of the molecule is CC1C(CSc2nccn2C)OC(c2cccc(-c3cccc(CNS(=O)(=O)c4ccccc4)c3)c2)OC1c1ccc(CO)cc1. The van der Waals surface area contributed by atoms with Crippen LogP contribution in [0.2, 0.25) is 0 Å². The molecule has 10 heteroatoms. The highest BCUT2D eigenvalue weighted by molar-refractivity contribution is 7.99. The molecule has 2 heterocycles. The molecule has 0 spiro atoms. The van der Waals surface area contributed by atoms with Gasteiger partial charge in [-0.1, -0.05) is 97.5 Å². The second-order valence-electron chi connectivity index (χ2n) is 11.4. The number of aliphatic hydroxyl groups excluding tert-OH is 1. The lowest BCUT2D eigenvalue weighted by Crippen LogP contribution is -2.38. The molecule has 46 heavy (non-hydrogen) atoms. The Morgan fingerprint density at radius 2 is 1.61 bits per heavy atom. The highest BCUT2D eigenvalue weighted by Crippen LogP contribution is 2.43. The van der Waals surface area contributed by atoms with E-state index in [2.05, 4.69) is 22.7 Å². The van der Waals surface area contributed by atoms with Crippen LogP contribution in [0.1, 0.15) is 41.6 Å². The highest BCUT2D eigenvalue weighted by atomic mass is 32.2. The summed E-state index contributed by atoms with van der Waals surface area (Å²) in [6.07, 6.45) is 2.79. The van der Waals surface area contributed by atoms with Crippen LogP contribution in [-0.4, -0.2) is 34.9 Å². The van der Waals surface area contributed by atoms with Gasteiger partial charge in [-0.05, 0) is 52.1 Å². The van der Waals surface area contributed by atoms with Gasteiger partial charge in [-0.3, -0.25) is 0 Å². The Hall–Kier alpha value is -3.77. The number of nitrogens with zero attached hydrogens (tertiary/aromatic N) is 2. The first-order valence-corrected chi connectivity index (χ1v) is 17.6. The number of rotatable bonds is 11. The molecule has 0 aliphatic carbocycles. The van der Waals surface area contributed by atoms with Gasteiger partial charge in [0.05, 0.1) is 23.7 Å². The predicted molar refractivity (Wildman–Crippen MR) is 179 cm³/mol. The van der Waals surface area contributed by atoms with E-state index in [9.17, 15) is 13.5 Å². The van der Waals surface area contributed by atoms with Crippen LogP contribution in [0.5, 0.6) is 0 Å². The Morgan fingerprint density at radius 1 is 0.870 bits per heavy atom. The van der Waals surface area contributed by atoms with E-state index in [1.54, 1.807) is 48.3 Å². The average molecular weight is 656 g/mol. The van der Waals surface area contributed by atoms with Gasteiger partial charge in [-0.15, -0.1) is 0 Å². The van der Waals surface area contributed by atoms with E-state index in [-0.39, 0.29) is 36.2 Å². The van der Waals surface area contributed by atoms with E-state index >= 15 is 0 Å². The minimum atomic E-state index is -3.62. The van der Waals surface area contributed by atoms with Crippen molar-refractivity contribution in [2.24, 2.45) is 13.0 Å². The number of hydrogen-bond acceptors (Lipinski definition) is 7. The summed E-state index contributed by atoms with van der Waals surface area (Å²) >= 11 is 1.66. The number of hydrogen-bond donors (Lipinski definition) is 2. The van der Waals surface area contributed by atoms with Crippen molar-refractivity contribution >= 4 is 21.8 Å². The summed E-state index contributed by atoms with van der Waals surface area (Å²) in [4.78, 5) is 4.71. The number of thioether (sulfide) groups is 1. The summed E-state index contributed by atoms with van der Waals surface area (Å²) in [5.41, 5.74) is 5.55. The first-order valence-electron chi connectivity index (χ1n) is 15.2. The summed E-state index contributed by atoms with van der Waals surface area (Å²) in [6, 6.07) is 32.2. The summed E-state index contributed by atoms with van der Waals surface area (Å²) in [6.45, 7) is 2.31. The van der Waals surface area contributed by atoms with Gasteiger partial charge in [0.1, 0.15) is 0 Å². The van der Waals surface area contributed by atoms with Gasteiger partial charge in [-0.2, -0.15) is 0 Å². The Labute approximate surface area is 274 Å². The van der Waals surface area contributed by atoms with Crippen LogP contribution in [0.4, 0.5) is 0 Å². The van der Waals surface area contributed by atoms with Crippen LogP contribution < -0.4 is 4.72 Å². The minimum Gasteiger partial charge on any atom is -0.392 e. The molecule has 4 unspecified atom stereocenters. The van der Waals surface area contributed by atoms with Crippen molar-refractivity contribution in [1.82, 2.24) is 14.3 Å². The van der Waals surface area contributed by atoms with Crippen LogP contribution in [0.15, 0.2) is 126 Å². The third-order valence-corrected chi connectivity index (χ3v) is 10.8. The molecule has 2 N–H and O–H groups in total. The van der Waals surface area contributed by atoms with Gasteiger partial charge < -0.3 is 19.1 Å².